The van der Waals surface area contributed by atoms with Crippen molar-refractivity contribution in [3.05, 3.63) is 283 Å². The van der Waals surface area contributed by atoms with Crippen LogP contribution in [0.5, 0.6) is 0 Å². The molecule has 0 saturated carbocycles. The van der Waals surface area contributed by atoms with Crippen LogP contribution in [0.1, 0.15) is 61.1 Å². The number of para-hydroxylation sites is 4. The Bertz CT molecular complexity index is 3610. The second-order valence-electron chi connectivity index (χ2n) is 19.8. The molecule has 11 aromatic rings. The quantitative estimate of drug-likeness (QED) is 0.128. The molecule has 72 heavy (non-hydrogen) atoms. The molecular weight excluding hydrogens is 1060 g/mol. The average Bonchev–Trinajstić information content (AvgIpc) is 3.97. The van der Waals surface area contributed by atoms with Crippen molar-refractivity contribution in [1.82, 2.24) is 9.55 Å². The molecule has 2 aromatic heterocycles. The van der Waals surface area contributed by atoms with Gasteiger partial charge in [-0.1, -0.05) is 196 Å². The second kappa shape index (κ2) is 19.1. The first-order chi connectivity index (χ1) is 34.7. The van der Waals surface area contributed by atoms with Gasteiger partial charge >= 0.3 is 0 Å². The maximum Gasteiger partial charge on any atom is 0.135 e. The maximum absolute atomic E-state index is 5.11. The molecule has 1 aliphatic rings. The van der Waals surface area contributed by atoms with Crippen LogP contribution in [0.3, 0.4) is 0 Å². The van der Waals surface area contributed by atoms with Gasteiger partial charge in [0.15, 0.2) is 0 Å². The normalized spacial score (nSPS) is 12.6. The minimum atomic E-state index is -0.417. The van der Waals surface area contributed by atoms with Crippen molar-refractivity contribution in [2.45, 2.75) is 44.9 Å². The number of hydrogen-bond donors (Lipinski definition) is 0. The molecule has 0 atom stereocenters. The van der Waals surface area contributed by atoms with Gasteiger partial charge in [-0.25, -0.2) is 4.98 Å². The minimum Gasteiger partial charge on any atom is -0.493 e. The van der Waals surface area contributed by atoms with Gasteiger partial charge in [0.05, 0.1) is 0 Å². The largest absolute Gasteiger partial charge is 0.493 e. The van der Waals surface area contributed by atoms with E-state index in [0.29, 0.717) is 6.42 Å². The van der Waals surface area contributed by atoms with Crippen LogP contribution >= 0.6 is 0 Å². The monoisotopic (exact) mass is 1110 g/mol. The number of hydrogen-bond acceptors (Lipinski definition) is 3. The predicted octanol–water partition coefficient (Wildman–Crippen LogP) is 16.8. The van der Waals surface area contributed by atoms with Crippen LogP contribution in [0, 0.1) is 18.8 Å². The van der Waals surface area contributed by atoms with Gasteiger partial charge in [-0.05, 0) is 82.3 Å². The molecule has 12 rings (SSSR count). The van der Waals surface area contributed by atoms with Crippen LogP contribution in [0.2, 0.25) is 0 Å². The first kappa shape index (κ1) is 46.6. The molecule has 0 amide bonds. The third-order valence-electron chi connectivity index (χ3n) is 14.4. The van der Waals surface area contributed by atoms with Crippen molar-refractivity contribution in [3.8, 4) is 28.1 Å². The molecule has 3 heterocycles. The predicted molar refractivity (Wildman–Crippen MR) is 295 cm³/mol. The van der Waals surface area contributed by atoms with E-state index in [1.165, 1.54) is 49.9 Å². The second-order valence-corrected chi connectivity index (χ2v) is 19.8. The zero-order chi connectivity index (χ0) is 48.1. The Morgan fingerprint density at radius 2 is 1.04 bits per heavy atom. The van der Waals surface area contributed by atoms with Crippen molar-refractivity contribution in [1.29, 1.82) is 0 Å². The summed E-state index contributed by atoms with van der Waals surface area (Å²) in [5, 5.41) is 2.32. The van der Waals surface area contributed by atoms with Crippen LogP contribution in [-0.4, -0.2) is 9.55 Å². The van der Waals surface area contributed by atoms with E-state index >= 15 is 0 Å². The Hall–Kier alpha value is -7.78. The number of aromatic nitrogens is 2. The SMILES string of the molecule is CC(C)(C)c1cc(Cc2[c-]c3c(cc2)c2ccccc2n3-c2cc(C(C)(c3ccccc3)c3ccccc3)ccn2)[c-]c(N2[CH-]N(c3c(-c4ccccc4)cccc3-c3ccccc3)c3ccccc32)c1.[Pt]. The summed E-state index contributed by atoms with van der Waals surface area (Å²) >= 11 is 0. The molecule has 5 heteroatoms. The van der Waals surface area contributed by atoms with Gasteiger partial charge in [-0.2, -0.15) is 47.0 Å². The number of fused-ring (bicyclic) bond motifs is 4. The maximum atomic E-state index is 5.11. The minimum absolute atomic E-state index is 0. The van der Waals surface area contributed by atoms with Crippen LogP contribution in [0.25, 0.3) is 49.9 Å². The van der Waals surface area contributed by atoms with E-state index in [1.54, 1.807) is 0 Å². The van der Waals surface area contributed by atoms with E-state index in [1.807, 2.05) is 6.20 Å². The van der Waals surface area contributed by atoms with Gasteiger partial charge in [-0.15, -0.1) is 23.8 Å². The summed E-state index contributed by atoms with van der Waals surface area (Å²) < 4.78 is 2.30. The molecule has 0 N–H and O–H groups in total. The molecule has 0 aliphatic carbocycles. The molecule has 0 bridgehead atoms. The van der Waals surface area contributed by atoms with Gasteiger partial charge in [0.25, 0.3) is 0 Å². The Morgan fingerprint density at radius 1 is 0.472 bits per heavy atom. The van der Waals surface area contributed by atoms with E-state index in [0.717, 1.165) is 56.1 Å². The Balaban J connectivity index is 0.00000560. The smallest absolute Gasteiger partial charge is 0.135 e. The van der Waals surface area contributed by atoms with E-state index in [4.69, 9.17) is 4.98 Å². The van der Waals surface area contributed by atoms with Gasteiger partial charge in [0.2, 0.25) is 0 Å². The summed E-state index contributed by atoms with van der Waals surface area (Å²) in [6, 6.07) is 88.7. The van der Waals surface area contributed by atoms with Crippen molar-refractivity contribution in [2.75, 3.05) is 9.80 Å². The zero-order valence-corrected chi connectivity index (χ0v) is 43.1. The molecule has 1 aliphatic heterocycles. The third kappa shape index (κ3) is 8.34. The van der Waals surface area contributed by atoms with Crippen molar-refractivity contribution in [2.24, 2.45) is 0 Å². The summed E-state index contributed by atoms with van der Waals surface area (Å²) in [7, 11) is 0. The standard InChI is InChI=1S/C67H53N4.Pt/c1-66(2,3)54-41-48(42-55(44-54)69-46-70(62-35-20-19-34-61(62)69)65-56(49-22-9-5-10-23-49)31-21-32-57(65)50-24-11-6-12-25-50)40-47-36-37-59-58-30-17-18-33-60(58)71(63(59)43-47)64-45-53(38-39-68-64)67(4,51-26-13-7-14-27-51)52-28-15-8-16-29-52;/h5-39,41,44-46H,40H2,1-4H3;/q-3;. The van der Waals surface area contributed by atoms with E-state index < -0.39 is 5.41 Å². The fourth-order valence-corrected chi connectivity index (χ4v) is 10.6. The van der Waals surface area contributed by atoms with Crippen LogP contribution in [0.4, 0.5) is 22.7 Å². The molecule has 0 saturated heterocycles. The molecule has 9 aromatic carbocycles. The van der Waals surface area contributed by atoms with Gasteiger partial charge in [-0.3, -0.25) is 0 Å². The van der Waals surface area contributed by atoms with Crippen LogP contribution < -0.4 is 9.80 Å². The number of anilines is 4. The Kier molecular flexibility index (Phi) is 12.4. The number of pyridine rings is 1. The summed E-state index contributed by atoms with van der Waals surface area (Å²) in [6.45, 7) is 11.5. The topological polar surface area (TPSA) is 24.3 Å². The first-order valence-electron chi connectivity index (χ1n) is 24.6. The van der Waals surface area contributed by atoms with E-state index in [9.17, 15) is 0 Å². The van der Waals surface area contributed by atoms with Crippen LogP contribution in [0.15, 0.2) is 231 Å². The van der Waals surface area contributed by atoms with E-state index in [-0.39, 0.29) is 26.5 Å². The van der Waals surface area contributed by atoms with Crippen molar-refractivity contribution >= 4 is 44.6 Å². The molecule has 0 unspecified atom stereocenters. The van der Waals surface area contributed by atoms with Gasteiger partial charge in [0, 0.05) is 66.4 Å². The summed E-state index contributed by atoms with van der Waals surface area (Å²) in [5.74, 6) is 0.862. The van der Waals surface area contributed by atoms with Crippen molar-refractivity contribution < 1.29 is 21.1 Å². The Morgan fingerprint density at radius 3 is 1.67 bits per heavy atom. The number of benzene rings is 9. The molecule has 0 radical (unpaired) electrons. The number of rotatable bonds is 10. The van der Waals surface area contributed by atoms with Crippen LogP contribution in [-0.2, 0) is 38.3 Å². The van der Waals surface area contributed by atoms with Crippen molar-refractivity contribution in [3.63, 3.8) is 0 Å². The summed E-state index contributed by atoms with van der Waals surface area (Å²) in [5.41, 5.74) is 17.6. The molecule has 0 spiro atoms. The van der Waals surface area contributed by atoms with Gasteiger partial charge < -0.3 is 14.4 Å². The van der Waals surface area contributed by atoms with Gasteiger partial charge in [0.1, 0.15) is 5.82 Å². The fraction of sp³-hybridized carbons (Fsp3) is 0.104. The molecular formula is C67H53N4Pt-3. The zero-order valence-electron chi connectivity index (χ0n) is 40.8. The summed E-state index contributed by atoms with van der Waals surface area (Å²) in [6.07, 6.45) is 2.61. The number of nitrogens with zero attached hydrogens (tertiary/aromatic N) is 4. The van der Waals surface area contributed by atoms with E-state index in [2.05, 4.69) is 285 Å². The molecule has 4 nitrogen and oxygen atoms in total. The fourth-order valence-electron chi connectivity index (χ4n) is 10.6. The Labute approximate surface area is 438 Å². The third-order valence-corrected chi connectivity index (χ3v) is 14.4. The first-order valence-corrected chi connectivity index (χ1v) is 24.6. The molecule has 354 valence electrons. The average molecular weight is 1110 g/mol. The summed E-state index contributed by atoms with van der Waals surface area (Å²) in [4.78, 5) is 9.81. The molecule has 0 fully saturated rings.